The zero-order valence-corrected chi connectivity index (χ0v) is 11.9. The first kappa shape index (κ1) is 14.9. The van der Waals surface area contributed by atoms with E-state index in [9.17, 15) is 8.42 Å². The summed E-state index contributed by atoms with van der Waals surface area (Å²) in [5.74, 6) is 0.184. The SMILES string of the molecule is CNCCCS(=O)(=O)NN1C(C)CCCC1C. The fourth-order valence-electron chi connectivity index (χ4n) is 2.25. The molecule has 1 fully saturated rings. The molecule has 0 aromatic heterocycles. The Morgan fingerprint density at radius 1 is 1.24 bits per heavy atom. The number of nitrogens with zero attached hydrogens (tertiary/aromatic N) is 1. The summed E-state index contributed by atoms with van der Waals surface area (Å²) in [7, 11) is -1.36. The number of rotatable bonds is 6. The Morgan fingerprint density at radius 2 is 1.82 bits per heavy atom. The predicted molar refractivity (Wildman–Crippen MR) is 70.1 cm³/mol. The molecular weight excluding hydrogens is 238 g/mol. The molecule has 5 nitrogen and oxygen atoms in total. The first-order valence-corrected chi connectivity index (χ1v) is 8.04. The lowest BCUT2D eigenvalue weighted by atomic mass is 10.0. The maximum Gasteiger partial charge on any atom is 0.224 e. The molecule has 6 heteroatoms. The van der Waals surface area contributed by atoms with E-state index in [2.05, 4.69) is 24.0 Å². The lowest BCUT2D eigenvalue weighted by molar-refractivity contribution is 0.0790. The number of piperidine rings is 1. The van der Waals surface area contributed by atoms with Crippen LogP contribution in [-0.4, -0.2) is 44.9 Å². The third-order valence-corrected chi connectivity index (χ3v) is 4.59. The van der Waals surface area contributed by atoms with Crippen LogP contribution in [0.15, 0.2) is 0 Å². The summed E-state index contributed by atoms with van der Waals surface area (Å²) in [5.41, 5.74) is 0. The van der Waals surface area contributed by atoms with Gasteiger partial charge in [-0.3, -0.25) is 0 Å². The normalized spacial score (nSPS) is 27.2. The Hall–Kier alpha value is -0.170. The molecule has 0 aromatic carbocycles. The van der Waals surface area contributed by atoms with Crippen LogP contribution in [0.2, 0.25) is 0 Å². The second kappa shape index (κ2) is 6.68. The molecule has 1 aliphatic heterocycles. The molecule has 2 unspecified atom stereocenters. The second-order valence-corrected chi connectivity index (χ2v) is 6.72. The fraction of sp³-hybridized carbons (Fsp3) is 1.00. The lowest BCUT2D eigenvalue weighted by Crippen LogP contribution is -2.54. The van der Waals surface area contributed by atoms with Gasteiger partial charge in [0.25, 0.3) is 0 Å². The van der Waals surface area contributed by atoms with Crippen molar-refractivity contribution >= 4 is 10.0 Å². The third-order valence-electron chi connectivity index (χ3n) is 3.28. The van der Waals surface area contributed by atoms with Gasteiger partial charge in [-0.2, -0.15) is 0 Å². The minimum atomic E-state index is -3.18. The van der Waals surface area contributed by atoms with E-state index in [-0.39, 0.29) is 17.8 Å². The zero-order chi connectivity index (χ0) is 12.9. The number of hydrogen-bond acceptors (Lipinski definition) is 4. The minimum Gasteiger partial charge on any atom is -0.320 e. The van der Waals surface area contributed by atoms with Gasteiger partial charge in [0, 0.05) is 12.1 Å². The van der Waals surface area contributed by atoms with E-state index in [4.69, 9.17) is 0 Å². The molecule has 2 N–H and O–H groups in total. The topological polar surface area (TPSA) is 61.4 Å². The molecule has 0 amide bonds. The van der Waals surface area contributed by atoms with E-state index in [0.717, 1.165) is 19.4 Å². The van der Waals surface area contributed by atoms with Crippen LogP contribution in [0.4, 0.5) is 0 Å². The van der Waals surface area contributed by atoms with Crippen molar-refractivity contribution in [3.05, 3.63) is 0 Å². The summed E-state index contributed by atoms with van der Waals surface area (Å²) in [6.07, 6.45) is 3.94. The van der Waals surface area contributed by atoms with Gasteiger partial charge in [-0.25, -0.2) is 13.4 Å². The molecule has 2 atom stereocenters. The van der Waals surface area contributed by atoms with Crippen LogP contribution in [0.3, 0.4) is 0 Å². The number of hydrazine groups is 1. The van der Waals surface area contributed by atoms with E-state index in [1.165, 1.54) is 6.42 Å². The largest absolute Gasteiger partial charge is 0.320 e. The number of sulfonamides is 1. The zero-order valence-electron chi connectivity index (χ0n) is 11.1. The van der Waals surface area contributed by atoms with Crippen molar-refractivity contribution in [1.29, 1.82) is 0 Å². The highest BCUT2D eigenvalue weighted by Gasteiger charge is 2.27. The summed E-state index contributed by atoms with van der Waals surface area (Å²) in [6.45, 7) is 4.88. The minimum absolute atomic E-state index is 0.184. The van der Waals surface area contributed by atoms with Crippen molar-refractivity contribution in [2.75, 3.05) is 19.3 Å². The Labute approximate surface area is 105 Å². The molecule has 102 valence electrons. The highest BCUT2D eigenvalue weighted by Crippen LogP contribution is 2.20. The molecule has 1 saturated heterocycles. The Balaban J connectivity index is 2.50. The van der Waals surface area contributed by atoms with Gasteiger partial charge < -0.3 is 5.32 Å². The molecule has 1 aliphatic rings. The predicted octanol–water partition coefficient (Wildman–Crippen LogP) is 0.693. The van der Waals surface area contributed by atoms with Gasteiger partial charge in [-0.15, -0.1) is 4.83 Å². The van der Waals surface area contributed by atoms with Gasteiger partial charge in [0.1, 0.15) is 0 Å². The quantitative estimate of drug-likeness (QED) is 0.692. The van der Waals surface area contributed by atoms with Crippen LogP contribution in [0.25, 0.3) is 0 Å². The van der Waals surface area contributed by atoms with Gasteiger partial charge in [-0.05, 0) is 46.7 Å². The maximum absolute atomic E-state index is 11.9. The standard InChI is InChI=1S/C11H25N3O2S/c1-10-6-4-7-11(2)14(10)13-17(15,16)9-5-8-12-3/h10-13H,4-9H2,1-3H3. The van der Waals surface area contributed by atoms with Crippen molar-refractivity contribution in [2.24, 2.45) is 0 Å². The summed E-state index contributed by atoms with van der Waals surface area (Å²) in [4.78, 5) is 2.73. The molecule has 0 saturated carbocycles. The highest BCUT2D eigenvalue weighted by molar-refractivity contribution is 7.89. The molecule has 0 aromatic rings. The monoisotopic (exact) mass is 263 g/mol. The Morgan fingerprint density at radius 3 is 2.35 bits per heavy atom. The molecule has 1 rings (SSSR count). The van der Waals surface area contributed by atoms with E-state index in [0.29, 0.717) is 6.42 Å². The molecule has 17 heavy (non-hydrogen) atoms. The Bertz CT molecular complexity index is 309. The van der Waals surface area contributed by atoms with Crippen LogP contribution < -0.4 is 10.1 Å². The number of hydrogen-bond donors (Lipinski definition) is 2. The second-order valence-electron chi connectivity index (χ2n) is 4.90. The lowest BCUT2D eigenvalue weighted by Gasteiger charge is -2.38. The van der Waals surface area contributed by atoms with Gasteiger partial charge >= 0.3 is 0 Å². The average molecular weight is 263 g/mol. The number of nitrogens with one attached hydrogen (secondary N) is 2. The van der Waals surface area contributed by atoms with Crippen molar-refractivity contribution < 1.29 is 8.42 Å². The maximum atomic E-state index is 11.9. The summed E-state index contributed by atoms with van der Waals surface area (Å²) < 4.78 is 23.8. The molecule has 0 spiro atoms. The van der Waals surface area contributed by atoms with E-state index in [1.54, 1.807) is 0 Å². The fourth-order valence-corrected chi connectivity index (χ4v) is 3.54. The van der Waals surface area contributed by atoms with Crippen LogP contribution >= 0.6 is 0 Å². The van der Waals surface area contributed by atoms with Gasteiger partial charge in [-0.1, -0.05) is 6.42 Å². The van der Waals surface area contributed by atoms with E-state index >= 15 is 0 Å². The van der Waals surface area contributed by atoms with Crippen molar-refractivity contribution in [3.8, 4) is 0 Å². The highest BCUT2D eigenvalue weighted by atomic mass is 32.2. The summed E-state index contributed by atoms with van der Waals surface area (Å²) >= 11 is 0. The van der Waals surface area contributed by atoms with Crippen molar-refractivity contribution in [2.45, 2.75) is 51.6 Å². The summed E-state index contributed by atoms with van der Waals surface area (Å²) in [5, 5.41) is 4.86. The molecule has 1 heterocycles. The molecule has 0 bridgehead atoms. The first-order chi connectivity index (χ1) is 7.96. The van der Waals surface area contributed by atoms with Gasteiger partial charge in [0.05, 0.1) is 5.75 Å². The van der Waals surface area contributed by atoms with Crippen LogP contribution in [-0.2, 0) is 10.0 Å². The summed E-state index contributed by atoms with van der Waals surface area (Å²) in [6, 6.07) is 0.579. The smallest absolute Gasteiger partial charge is 0.224 e. The Kier molecular flexibility index (Phi) is 5.85. The molecular formula is C11H25N3O2S. The van der Waals surface area contributed by atoms with Crippen molar-refractivity contribution in [1.82, 2.24) is 15.2 Å². The van der Waals surface area contributed by atoms with Crippen molar-refractivity contribution in [3.63, 3.8) is 0 Å². The third kappa shape index (κ3) is 4.91. The van der Waals surface area contributed by atoms with Crippen LogP contribution in [0, 0.1) is 0 Å². The molecule has 0 aliphatic carbocycles. The first-order valence-electron chi connectivity index (χ1n) is 6.39. The van der Waals surface area contributed by atoms with Gasteiger partial charge in [0.2, 0.25) is 10.0 Å². The van der Waals surface area contributed by atoms with E-state index in [1.807, 2.05) is 12.1 Å². The van der Waals surface area contributed by atoms with Gasteiger partial charge in [0.15, 0.2) is 0 Å². The van der Waals surface area contributed by atoms with E-state index < -0.39 is 10.0 Å². The van der Waals surface area contributed by atoms with Crippen LogP contribution in [0.1, 0.15) is 39.5 Å². The van der Waals surface area contributed by atoms with Crippen LogP contribution in [0.5, 0.6) is 0 Å². The average Bonchev–Trinajstić information content (AvgIpc) is 2.24. The molecule has 0 radical (unpaired) electrons.